The first-order chi connectivity index (χ1) is 8.69. The molecule has 2 nitrogen and oxygen atoms in total. The standard InChI is InChI=1S/C13H14Cl2N2S/c1-2-16-7-10-8-17-13(18-10)6-9-3-4-11(14)12(15)5-9/h3-5,8,16H,2,6-7H2,1H3. The molecule has 0 spiro atoms. The van der Waals surface area contributed by atoms with Crippen LogP contribution in [0.5, 0.6) is 0 Å². The van der Waals surface area contributed by atoms with Crippen LogP contribution in [-0.2, 0) is 13.0 Å². The van der Waals surface area contributed by atoms with Gasteiger partial charge in [-0.05, 0) is 24.2 Å². The Hall–Kier alpha value is -0.610. The summed E-state index contributed by atoms with van der Waals surface area (Å²) in [6.07, 6.45) is 2.73. The maximum Gasteiger partial charge on any atom is 0.0972 e. The van der Waals surface area contributed by atoms with Crippen molar-refractivity contribution in [3.05, 3.63) is 49.9 Å². The van der Waals surface area contributed by atoms with Gasteiger partial charge in [-0.2, -0.15) is 0 Å². The molecule has 0 saturated carbocycles. The monoisotopic (exact) mass is 300 g/mol. The Morgan fingerprint density at radius 2 is 2.11 bits per heavy atom. The highest BCUT2D eigenvalue weighted by Crippen LogP contribution is 2.24. The fraction of sp³-hybridized carbons (Fsp3) is 0.308. The molecule has 1 aromatic carbocycles. The summed E-state index contributed by atoms with van der Waals surface area (Å²) in [7, 11) is 0. The summed E-state index contributed by atoms with van der Waals surface area (Å²) in [4.78, 5) is 5.68. The number of rotatable bonds is 5. The van der Waals surface area contributed by atoms with Gasteiger partial charge in [-0.15, -0.1) is 11.3 Å². The number of thiazole rings is 1. The molecule has 0 aliphatic carbocycles. The zero-order valence-corrected chi connectivity index (χ0v) is 12.4. The first-order valence-corrected chi connectivity index (χ1v) is 7.34. The first kappa shape index (κ1) is 13.8. The average molecular weight is 301 g/mol. The van der Waals surface area contributed by atoms with E-state index in [1.54, 1.807) is 11.3 Å². The molecule has 1 aromatic heterocycles. The van der Waals surface area contributed by atoms with E-state index in [-0.39, 0.29) is 0 Å². The lowest BCUT2D eigenvalue weighted by molar-refractivity contribution is 0.734. The molecule has 0 radical (unpaired) electrons. The summed E-state index contributed by atoms with van der Waals surface area (Å²) in [5, 5.41) is 5.57. The zero-order chi connectivity index (χ0) is 13.0. The molecule has 2 aromatic rings. The molecule has 0 saturated heterocycles. The van der Waals surface area contributed by atoms with Crippen molar-refractivity contribution in [1.82, 2.24) is 10.3 Å². The summed E-state index contributed by atoms with van der Waals surface area (Å²) in [5.41, 5.74) is 1.13. The van der Waals surface area contributed by atoms with Gasteiger partial charge in [0, 0.05) is 24.0 Å². The smallest absolute Gasteiger partial charge is 0.0972 e. The van der Waals surface area contributed by atoms with E-state index in [4.69, 9.17) is 23.2 Å². The van der Waals surface area contributed by atoms with Crippen LogP contribution in [0.1, 0.15) is 22.4 Å². The second-order valence-corrected chi connectivity index (χ2v) is 5.94. The Bertz CT molecular complexity index is 525. The van der Waals surface area contributed by atoms with Gasteiger partial charge in [0.2, 0.25) is 0 Å². The quantitative estimate of drug-likeness (QED) is 0.897. The van der Waals surface area contributed by atoms with Crippen LogP contribution in [0.3, 0.4) is 0 Å². The number of halogens is 2. The number of hydrogen-bond acceptors (Lipinski definition) is 3. The van der Waals surface area contributed by atoms with Crippen LogP contribution in [0, 0.1) is 0 Å². The highest BCUT2D eigenvalue weighted by atomic mass is 35.5. The lowest BCUT2D eigenvalue weighted by Crippen LogP contribution is -2.10. The van der Waals surface area contributed by atoms with Gasteiger partial charge in [0.25, 0.3) is 0 Å². The molecular weight excluding hydrogens is 287 g/mol. The van der Waals surface area contributed by atoms with E-state index >= 15 is 0 Å². The predicted molar refractivity (Wildman–Crippen MR) is 78.8 cm³/mol. The largest absolute Gasteiger partial charge is 0.312 e. The molecule has 0 fully saturated rings. The molecule has 18 heavy (non-hydrogen) atoms. The molecular formula is C13H14Cl2N2S. The van der Waals surface area contributed by atoms with E-state index in [1.165, 1.54) is 4.88 Å². The lowest BCUT2D eigenvalue weighted by Gasteiger charge is -2.00. The maximum absolute atomic E-state index is 5.99. The van der Waals surface area contributed by atoms with E-state index in [9.17, 15) is 0 Å². The molecule has 0 bridgehead atoms. The zero-order valence-electron chi connectivity index (χ0n) is 10.0. The minimum absolute atomic E-state index is 0.590. The maximum atomic E-state index is 5.99. The third kappa shape index (κ3) is 3.69. The molecule has 2 rings (SSSR count). The second kappa shape index (κ2) is 6.53. The highest BCUT2D eigenvalue weighted by molar-refractivity contribution is 7.11. The van der Waals surface area contributed by atoms with Crippen LogP contribution < -0.4 is 5.32 Å². The summed E-state index contributed by atoms with van der Waals surface area (Å²) in [5.74, 6) is 0. The molecule has 1 heterocycles. The van der Waals surface area contributed by atoms with Crippen molar-refractivity contribution in [3.63, 3.8) is 0 Å². The van der Waals surface area contributed by atoms with E-state index < -0.39 is 0 Å². The van der Waals surface area contributed by atoms with Crippen LogP contribution in [-0.4, -0.2) is 11.5 Å². The normalized spacial score (nSPS) is 10.8. The van der Waals surface area contributed by atoms with Crippen molar-refractivity contribution < 1.29 is 0 Å². The molecule has 0 unspecified atom stereocenters. The Morgan fingerprint density at radius 3 is 2.83 bits per heavy atom. The molecule has 0 aliphatic rings. The Labute approximate surface area is 121 Å². The minimum Gasteiger partial charge on any atom is -0.312 e. The topological polar surface area (TPSA) is 24.9 Å². The van der Waals surface area contributed by atoms with Crippen molar-refractivity contribution in [1.29, 1.82) is 0 Å². The van der Waals surface area contributed by atoms with E-state index in [1.807, 2.05) is 24.4 Å². The molecule has 96 valence electrons. The van der Waals surface area contributed by atoms with Gasteiger partial charge in [-0.3, -0.25) is 0 Å². The van der Waals surface area contributed by atoms with Crippen LogP contribution in [0.2, 0.25) is 10.0 Å². The van der Waals surface area contributed by atoms with Crippen molar-refractivity contribution >= 4 is 34.5 Å². The fourth-order valence-corrected chi connectivity index (χ4v) is 2.83. The SMILES string of the molecule is CCNCc1cnc(Cc2ccc(Cl)c(Cl)c2)s1. The van der Waals surface area contributed by atoms with Gasteiger partial charge in [0.1, 0.15) is 0 Å². The van der Waals surface area contributed by atoms with Gasteiger partial charge in [-0.25, -0.2) is 4.98 Å². The van der Waals surface area contributed by atoms with E-state index in [2.05, 4.69) is 17.2 Å². The van der Waals surface area contributed by atoms with Gasteiger partial charge >= 0.3 is 0 Å². The number of nitrogens with zero attached hydrogens (tertiary/aromatic N) is 1. The fourth-order valence-electron chi connectivity index (χ4n) is 1.58. The molecule has 0 aliphatic heterocycles. The third-order valence-electron chi connectivity index (χ3n) is 2.49. The Kier molecular flexibility index (Phi) is 5.01. The number of aromatic nitrogens is 1. The van der Waals surface area contributed by atoms with Gasteiger partial charge in [0.15, 0.2) is 0 Å². The number of nitrogens with one attached hydrogen (secondary N) is 1. The van der Waals surface area contributed by atoms with Gasteiger partial charge in [-0.1, -0.05) is 36.2 Å². The van der Waals surface area contributed by atoms with Crippen LogP contribution in [0.25, 0.3) is 0 Å². The van der Waals surface area contributed by atoms with Gasteiger partial charge in [0.05, 0.1) is 15.1 Å². The van der Waals surface area contributed by atoms with Crippen LogP contribution >= 0.6 is 34.5 Å². The summed E-state index contributed by atoms with van der Waals surface area (Å²) < 4.78 is 0. The van der Waals surface area contributed by atoms with Crippen LogP contribution in [0.15, 0.2) is 24.4 Å². The predicted octanol–water partition coefficient (Wildman–Crippen LogP) is 4.15. The Balaban J connectivity index is 2.04. The highest BCUT2D eigenvalue weighted by Gasteiger charge is 2.05. The van der Waals surface area contributed by atoms with Gasteiger partial charge < -0.3 is 5.32 Å². The second-order valence-electron chi connectivity index (χ2n) is 3.93. The van der Waals surface area contributed by atoms with Crippen molar-refractivity contribution in [2.75, 3.05) is 6.54 Å². The number of hydrogen-bond donors (Lipinski definition) is 1. The average Bonchev–Trinajstić information content (AvgIpc) is 2.79. The summed E-state index contributed by atoms with van der Waals surface area (Å²) >= 11 is 13.6. The third-order valence-corrected chi connectivity index (χ3v) is 4.23. The summed E-state index contributed by atoms with van der Waals surface area (Å²) in [6.45, 7) is 3.95. The molecule has 5 heteroatoms. The lowest BCUT2D eigenvalue weighted by atomic mass is 10.2. The first-order valence-electron chi connectivity index (χ1n) is 5.77. The van der Waals surface area contributed by atoms with Crippen LogP contribution in [0.4, 0.5) is 0 Å². The minimum atomic E-state index is 0.590. The molecule has 0 amide bonds. The van der Waals surface area contributed by atoms with Crippen molar-refractivity contribution in [2.24, 2.45) is 0 Å². The van der Waals surface area contributed by atoms with E-state index in [0.29, 0.717) is 10.0 Å². The Morgan fingerprint density at radius 1 is 1.28 bits per heavy atom. The van der Waals surface area contributed by atoms with Crippen molar-refractivity contribution in [2.45, 2.75) is 19.9 Å². The van der Waals surface area contributed by atoms with Crippen molar-refractivity contribution in [3.8, 4) is 0 Å². The number of benzene rings is 1. The summed E-state index contributed by atoms with van der Waals surface area (Å²) in [6, 6.07) is 5.71. The molecule has 0 atom stereocenters. The molecule has 1 N–H and O–H groups in total. The van der Waals surface area contributed by atoms with E-state index in [0.717, 1.165) is 30.1 Å².